The van der Waals surface area contributed by atoms with E-state index in [1.54, 1.807) is 0 Å². The zero-order valence-electron chi connectivity index (χ0n) is 10.9. The second-order valence-electron chi connectivity index (χ2n) is 6.88. The first-order valence-electron chi connectivity index (χ1n) is 6.22. The van der Waals surface area contributed by atoms with Crippen molar-refractivity contribution in [2.24, 2.45) is 10.8 Å². The zero-order chi connectivity index (χ0) is 12.0. The summed E-state index contributed by atoms with van der Waals surface area (Å²) in [6, 6.07) is 0. The first-order valence-corrected chi connectivity index (χ1v) is 6.22. The van der Waals surface area contributed by atoms with E-state index in [1.165, 1.54) is 0 Å². The predicted molar refractivity (Wildman–Crippen MR) is 67.2 cm³/mol. The largest absolute Gasteiger partial charge is 0.289 e. The van der Waals surface area contributed by atoms with Crippen molar-refractivity contribution in [1.29, 1.82) is 0 Å². The molecule has 0 aromatic carbocycles. The van der Waals surface area contributed by atoms with E-state index in [0.29, 0.717) is 16.6 Å². The molecule has 16 heavy (non-hydrogen) atoms. The summed E-state index contributed by atoms with van der Waals surface area (Å²) in [5, 5.41) is 0. The molecule has 88 valence electrons. The fourth-order valence-electron chi connectivity index (χ4n) is 2.67. The topological polar surface area (TPSA) is 17.1 Å². The van der Waals surface area contributed by atoms with Gasteiger partial charge in [-0.25, -0.2) is 0 Å². The highest BCUT2D eigenvalue weighted by atomic mass is 16.1. The Morgan fingerprint density at radius 3 is 1.56 bits per heavy atom. The standard InChI is InChI=1S/C15H22O/c1-14(2)7-5-11(9-14)13(16)12-6-8-15(3,4)10-12/h5-6H,7-10H2,1-4H3. The molecule has 0 aromatic heterocycles. The van der Waals surface area contributed by atoms with E-state index in [1.807, 2.05) is 0 Å². The lowest BCUT2D eigenvalue weighted by molar-refractivity contribution is -0.112. The van der Waals surface area contributed by atoms with Gasteiger partial charge in [-0.05, 0) is 47.7 Å². The summed E-state index contributed by atoms with van der Waals surface area (Å²) in [6.07, 6.45) is 8.28. The lowest BCUT2D eigenvalue weighted by Crippen LogP contribution is -2.12. The number of hydrogen-bond acceptors (Lipinski definition) is 1. The molecule has 1 nitrogen and oxygen atoms in total. The van der Waals surface area contributed by atoms with Crippen LogP contribution in [0.3, 0.4) is 0 Å². The maximum absolute atomic E-state index is 12.3. The van der Waals surface area contributed by atoms with Gasteiger partial charge in [-0.3, -0.25) is 4.79 Å². The number of ketones is 1. The molecule has 0 radical (unpaired) electrons. The average molecular weight is 218 g/mol. The summed E-state index contributed by atoms with van der Waals surface area (Å²) >= 11 is 0. The van der Waals surface area contributed by atoms with Crippen molar-refractivity contribution in [3.8, 4) is 0 Å². The molecule has 0 fully saturated rings. The smallest absolute Gasteiger partial charge is 0.184 e. The van der Waals surface area contributed by atoms with E-state index in [2.05, 4.69) is 39.8 Å². The molecule has 0 heterocycles. The van der Waals surface area contributed by atoms with E-state index < -0.39 is 0 Å². The molecule has 0 aliphatic heterocycles. The summed E-state index contributed by atoms with van der Waals surface area (Å²) in [6.45, 7) is 8.93. The van der Waals surface area contributed by atoms with Crippen LogP contribution in [0.5, 0.6) is 0 Å². The molecule has 0 saturated carbocycles. The Morgan fingerprint density at radius 1 is 0.938 bits per heavy atom. The summed E-state index contributed by atoms with van der Waals surface area (Å²) in [4.78, 5) is 12.3. The number of rotatable bonds is 2. The second kappa shape index (κ2) is 3.58. The maximum atomic E-state index is 12.3. The van der Waals surface area contributed by atoms with Crippen LogP contribution in [-0.4, -0.2) is 5.78 Å². The lowest BCUT2D eigenvalue weighted by atomic mass is 9.86. The van der Waals surface area contributed by atoms with Crippen molar-refractivity contribution >= 4 is 5.78 Å². The Labute approximate surface area is 98.6 Å². The zero-order valence-corrected chi connectivity index (χ0v) is 10.9. The molecule has 0 aromatic rings. The molecule has 1 heteroatoms. The summed E-state index contributed by atoms with van der Waals surface area (Å²) in [7, 11) is 0. The van der Waals surface area contributed by atoms with Gasteiger partial charge < -0.3 is 0 Å². The summed E-state index contributed by atoms with van der Waals surface area (Å²) in [5.74, 6) is 0.316. The van der Waals surface area contributed by atoms with Gasteiger partial charge in [-0.2, -0.15) is 0 Å². The Balaban J connectivity index is 2.06. The van der Waals surface area contributed by atoms with E-state index in [-0.39, 0.29) is 0 Å². The van der Waals surface area contributed by atoms with Crippen LogP contribution in [0.15, 0.2) is 23.3 Å². The first kappa shape index (κ1) is 11.6. The molecule has 0 bridgehead atoms. The van der Waals surface area contributed by atoms with Crippen LogP contribution < -0.4 is 0 Å². The number of hydrogen-bond donors (Lipinski definition) is 0. The third kappa shape index (κ3) is 2.28. The van der Waals surface area contributed by atoms with Gasteiger partial charge in [0.1, 0.15) is 0 Å². The Hall–Kier alpha value is -0.850. The fraction of sp³-hybridized carbons (Fsp3) is 0.667. The quantitative estimate of drug-likeness (QED) is 0.683. The molecule has 2 aliphatic carbocycles. The van der Waals surface area contributed by atoms with E-state index in [4.69, 9.17) is 0 Å². The van der Waals surface area contributed by atoms with Gasteiger partial charge in [-0.1, -0.05) is 39.8 Å². The van der Waals surface area contributed by atoms with E-state index in [9.17, 15) is 4.79 Å². The van der Waals surface area contributed by atoms with Gasteiger partial charge in [0.2, 0.25) is 0 Å². The molecule has 2 rings (SSSR count). The minimum Gasteiger partial charge on any atom is -0.289 e. The van der Waals surface area contributed by atoms with Crippen molar-refractivity contribution in [3.63, 3.8) is 0 Å². The SMILES string of the molecule is CC1(C)CC=C(C(=O)C2=CCC(C)(C)C2)C1. The Kier molecular flexibility index (Phi) is 2.60. The van der Waals surface area contributed by atoms with Crippen LogP contribution in [-0.2, 0) is 4.79 Å². The minimum absolute atomic E-state index is 0.291. The summed E-state index contributed by atoms with van der Waals surface area (Å²) < 4.78 is 0. The molecular formula is C15H22O. The van der Waals surface area contributed by atoms with E-state index in [0.717, 1.165) is 36.8 Å². The Bertz CT molecular complexity index is 344. The molecule has 0 N–H and O–H groups in total. The van der Waals surface area contributed by atoms with Crippen molar-refractivity contribution in [1.82, 2.24) is 0 Å². The van der Waals surface area contributed by atoms with Gasteiger partial charge in [0.05, 0.1) is 0 Å². The van der Waals surface area contributed by atoms with Crippen molar-refractivity contribution in [2.75, 3.05) is 0 Å². The van der Waals surface area contributed by atoms with Crippen LogP contribution in [0.2, 0.25) is 0 Å². The van der Waals surface area contributed by atoms with Crippen molar-refractivity contribution in [2.45, 2.75) is 53.4 Å². The second-order valence-corrected chi connectivity index (χ2v) is 6.88. The number of carbonyl (C=O) groups is 1. The molecule has 0 unspecified atom stereocenters. The van der Waals surface area contributed by atoms with Crippen molar-refractivity contribution in [3.05, 3.63) is 23.3 Å². The van der Waals surface area contributed by atoms with Crippen LogP contribution in [0.1, 0.15) is 53.4 Å². The minimum atomic E-state index is 0.291. The first-order chi connectivity index (χ1) is 7.29. The summed E-state index contributed by atoms with van der Waals surface area (Å²) in [5.41, 5.74) is 2.68. The molecule has 0 spiro atoms. The molecule has 0 atom stereocenters. The Morgan fingerprint density at radius 2 is 1.31 bits per heavy atom. The van der Waals surface area contributed by atoms with Gasteiger partial charge >= 0.3 is 0 Å². The monoisotopic (exact) mass is 218 g/mol. The highest BCUT2D eigenvalue weighted by molar-refractivity contribution is 6.08. The lowest BCUT2D eigenvalue weighted by Gasteiger charge is -2.18. The van der Waals surface area contributed by atoms with Crippen LogP contribution in [0, 0.1) is 10.8 Å². The maximum Gasteiger partial charge on any atom is 0.184 e. The average Bonchev–Trinajstić information content (AvgIpc) is 2.68. The molecular weight excluding hydrogens is 196 g/mol. The third-order valence-corrected chi connectivity index (χ3v) is 3.72. The third-order valence-electron chi connectivity index (χ3n) is 3.72. The van der Waals surface area contributed by atoms with Crippen LogP contribution in [0.4, 0.5) is 0 Å². The molecule has 0 saturated heterocycles. The van der Waals surface area contributed by atoms with Crippen molar-refractivity contribution < 1.29 is 4.79 Å². The number of allylic oxidation sites excluding steroid dienone is 4. The normalized spacial score (nSPS) is 26.5. The van der Waals surface area contributed by atoms with Gasteiger partial charge in [0.25, 0.3) is 0 Å². The van der Waals surface area contributed by atoms with Gasteiger partial charge in [0.15, 0.2) is 5.78 Å². The van der Waals surface area contributed by atoms with Gasteiger partial charge in [-0.15, -0.1) is 0 Å². The number of carbonyl (C=O) groups excluding carboxylic acids is 1. The molecule has 0 amide bonds. The highest BCUT2D eigenvalue weighted by Gasteiger charge is 2.33. The predicted octanol–water partition coefficient (Wildman–Crippen LogP) is 4.05. The van der Waals surface area contributed by atoms with E-state index >= 15 is 0 Å². The van der Waals surface area contributed by atoms with Gasteiger partial charge in [0, 0.05) is 0 Å². The van der Waals surface area contributed by atoms with Crippen LogP contribution in [0.25, 0.3) is 0 Å². The van der Waals surface area contributed by atoms with Crippen LogP contribution >= 0.6 is 0 Å². The highest BCUT2D eigenvalue weighted by Crippen LogP contribution is 2.41. The number of Topliss-reactive ketones (excluding diaryl/α,β-unsaturated/α-hetero) is 1. The fourth-order valence-corrected chi connectivity index (χ4v) is 2.67. The molecule has 2 aliphatic rings.